The van der Waals surface area contributed by atoms with Gasteiger partial charge in [-0.1, -0.05) is 38.1 Å². The van der Waals surface area contributed by atoms with Gasteiger partial charge in [-0.15, -0.1) is 0 Å². The van der Waals surface area contributed by atoms with Crippen LogP contribution in [0.3, 0.4) is 0 Å². The second kappa shape index (κ2) is 6.02. The van der Waals surface area contributed by atoms with Crippen molar-refractivity contribution < 1.29 is 13.2 Å². The number of hydrogen-bond donors (Lipinski definition) is 1. The van der Waals surface area contributed by atoms with Crippen LogP contribution in [0.5, 0.6) is 0 Å². The van der Waals surface area contributed by atoms with Gasteiger partial charge in [0.25, 0.3) is 0 Å². The third-order valence-corrected chi connectivity index (χ3v) is 6.23. The minimum absolute atomic E-state index is 0.335. The Morgan fingerprint density at radius 1 is 1.09 bits per heavy atom. The number of carbonyl (C=O) groups is 1. The molecule has 1 saturated carbocycles. The monoisotopic (exact) mass is 337 g/mol. The highest BCUT2D eigenvalue weighted by atomic mass is 32.2. The predicted molar refractivity (Wildman–Crippen MR) is 93.1 cm³/mol. The Balaban J connectivity index is 2.24. The summed E-state index contributed by atoms with van der Waals surface area (Å²) >= 11 is 0. The summed E-state index contributed by atoms with van der Waals surface area (Å²) in [6, 6.07) is 8.28. The molecule has 1 unspecified atom stereocenters. The average Bonchev–Trinajstić information content (AvgIpc) is 2.82. The van der Waals surface area contributed by atoms with Gasteiger partial charge in [-0.05, 0) is 37.3 Å². The first-order chi connectivity index (χ1) is 10.4. The summed E-state index contributed by atoms with van der Waals surface area (Å²) in [5, 5.41) is 0. The fraction of sp³-hybridized carbons (Fsp3) is 0.611. The van der Waals surface area contributed by atoms with E-state index in [2.05, 4.69) is 29.0 Å². The van der Waals surface area contributed by atoms with Gasteiger partial charge in [0.15, 0.2) is 0 Å². The number of hydrogen-bond acceptors (Lipinski definition) is 3. The number of carbonyl (C=O) groups excluding carboxylic acids is 1. The molecule has 23 heavy (non-hydrogen) atoms. The van der Waals surface area contributed by atoms with Gasteiger partial charge in [-0.3, -0.25) is 4.79 Å². The first-order valence-electron chi connectivity index (χ1n) is 8.03. The van der Waals surface area contributed by atoms with Crippen molar-refractivity contribution in [2.45, 2.75) is 63.8 Å². The van der Waals surface area contributed by atoms with E-state index in [1.807, 2.05) is 27.7 Å². The van der Waals surface area contributed by atoms with Crippen molar-refractivity contribution in [1.29, 1.82) is 0 Å². The summed E-state index contributed by atoms with van der Waals surface area (Å²) in [6.45, 7) is 7.88. The number of benzene rings is 1. The van der Waals surface area contributed by atoms with Crippen LogP contribution in [0.15, 0.2) is 24.3 Å². The second-order valence-corrected chi connectivity index (χ2v) is 9.47. The third-order valence-electron chi connectivity index (χ3n) is 5.35. The molecule has 1 aliphatic rings. The average molecular weight is 337 g/mol. The number of ketones is 1. The van der Waals surface area contributed by atoms with Gasteiger partial charge < -0.3 is 0 Å². The van der Waals surface area contributed by atoms with E-state index in [1.54, 1.807) is 0 Å². The molecular formula is C18H27NO3S. The van der Waals surface area contributed by atoms with Crippen LogP contribution in [0.2, 0.25) is 0 Å². The molecule has 1 fully saturated rings. The molecule has 1 atom stereocenters. The zero-order valence-corrected chi connectivity index (χ0v) is 15.5. The van der Waals surface area contributed by atoms with Crippen molar-refractivity contribution in [3.8, 4) is 0 Å². The minimum Gasteiger partial charge on any atom is -0.300 e. The lowest BCUT2D eigenvalue weighted by atomic mass is 9.70. The van der Waals surface area contributed by atoms with E-state index in [9.17, 15) is 13.2 Å². The fourth-order valence-electron chi connectivity index (χ4n) is 3.22. The lowest BCUT2D eigenvalue weighted by molar-refractivity contribution is -0.117. The van der Waals surface area contributed by atoms with Crippen LogP contribution in [0.25, 0.3) is 0 Å². The summed E-state index contributed by atoms with van der Waals surface area (Å²) < 4.78 is 26.0. The molecule has 0 bridgehead atoms. The normalized spacial score (nSPS) is 20.0. The molecule has 4 nitrogen and oxygen atoms in total. The molecule has 1 N–H and O–H groups in total. The van der Waals surface area contributed by atoms with Gasteiger partial charge in [0.2, 0.25) is 10.0 Å². The van der Waals surface area contributed by atoms with Gasteiger partial charge in [0.05, 0.1) is 6.26 Å². The van der Waals surface area contributed by atoms with E-state index in [0.29, 0.717) is 24.5 Å². The Morgan fingerprint density at radius 3 is 2.09 bits per heavy atom. The molecular weight excluding hydrogens is 310 g/mol. The number of nitrogens with one attached hydrogen (secondary N) is 1. The van der Waals surface area contributed by atoms with Crippen LogP contribution in [0.1, 0.15) is 64.0 Å². The maximum absolute atomic E-state index is 11.6. The van der Waals surface area contributed by atoms with Crippen LogP contribution < -0.4 is 4.72 Å². The zero-order valence-electron chi connectivity index (χ0n) is 14.6. The van der Waals surface area contributed by atoms with Gasteiger partial charge in [0, 0.05) is 23.8 Å². The quantitative estimate of drug-likeness (QED) is 0.898. The summed E-state index contributed by atoms with van der Waals surface area (Å²) in [5.41, 5.74) is 1.28. The summed E-state index contributed by atoms with van der Waals surface area (Å²) in [7, 11) is -3.29. The molecule has 128 valence electrons. The summed E-state index contributed by atoms with van der Waals surface area (Å²) in [5.74, 6) is 0.680. The van der Waals surface area contributed by atoms with E-state index < -0.39 is 15.6 Å². The Hall–Kier alpha value is -1.20. The maximum atomic E-state index is 11.6. The third kappa shape index (κ3) is 4.01. The Kier molecular flexibility index (Phi) is 4.75. The number of Topliss-reactive ketones (excluding diaryl/α,β-unsaturated/α-hetero) is 1. The molecule has 0 radical (unpaired) electrons. The van der Waals surface area contributed by atoms with Gasteiger partial charge in [-0.25, -0.2) is 13.1 Å². The Morgan fingerprint density at radius 2 is 1.65 bits per heavy atom. The lowest BCUT2D eigenvalue weighted by Gasteiger charge is -2.42. The van der Waals surface area contributed by atoms with Crippen LogP contribution in [0, 0.1) is 0 Å². The molecule has 0 spiro atoms. The molecule has 0 aromatic heterocycles. The van der Waals surface area contributed by atoms with Crippen LogP contribution in [0.4, 0.5) is 0 Å². The van der Waals surface area contributed by atoms with Gasteiger partial charge in [0.1, 0.15) is 5.78 Å². The van der Waals surface area contributed by atoms with E-state index in [4.69, 9.17) is 0 Å². The highest BCUT2D eigenvalue weighted by molar-refractivity contribution is 7.88. The molecule has 1 aromatic carbocycles. The summed E-state index contributed by atoms with van der Waals surface area (Å²) in [4.78, 5) is 11.5. The highest BCUT2D eigenvalue weighted by Crippen LogP contribution is 2.37. The molecule has 1 aliphatic carbocycles. The molecule has 1 aromatic rings. The van der Waals surface area contributed by atoms with Crippen LogP contribution in [-0.2, 0) is 20.2 Å². The molecule has 0 saturated heterocycles. The number of rotatable bonds is 5. The van der Waals surface area contributed by atoms with Crippen molar-refractivity contribution in [2.24, 2.45) is 0 Å². The molecule has 5 heteroatoms. The van der Waals surface area contributed by atoms with Crippen molar-refractivity contribution in [2.75, 3.05) is 6.26 Å². The highest BCUT2D eigenvalue weighted by Gasteiger charge is 2.40. The van der Waals surface area contributed by atoms with Gasteiger partial charge >= 0.3 is 0 Å². The number of sulfonamides is 1. The maximum Gasteiger partial charge on any atom is 0.209 e. The van der Waals surface area contributed by atoms with Crippen LogP contribution >= 0.6 is 0 Å². The van der Waals surface area contributed by atoms with Crippen molar-refractivity contribution in [3.63, 3.8) is 0 Å². The van der Waals surface area contributed by atoms with Gasteiger partial charge in [-0.2, -0.15) is 0 Å². The fourth-order valence-corrected chi connectivity index (χ4v) is 4.40. The van der Waals surface area contributed by atoms with E-state index >= 15 is 0 Å². The molecule has 0 aliphatic heterocycles. The largest absolute Gasteiger partial charge is 0.300 e. The first kappa shape index (κ1) is 18.1. The Bertz CT molecular complexity index is 687. The first-order valence-corrected chi connectivity index (χ1v) is 9.92. The SMILES string of the molecule is CC(C)(NS(C)(=O)=O)C(C)(C)c1ccc(C2CCC(=O)C2)cc1. The standard InChI is InChI=1S/C18H27NO3S/c1-17(2,18(3,4)19-23(5,21)22)15-9-6-13(7-10-15)14-8-11-16(20)12-14/h6-7,9-10,14,19H,8,11-12H2,1-5H3. The second-order valence-electron chi connectivity index (χ2n) is 7.72. The Labute approximate surface area is 139 Å². The van der Waals surface area contributed by atoms with Crippen molar-refractivity contribution in [3.05, 3.63) is 35.4 Å². The van der Waals surface area contributed by atoms with E-state index in [-0.39, 0.29) is 5.41 Å². The predicted octanol–water partition coefficient (Wildman–Crippen LogP) is 3.13. The lowest BCUT2D eigenvalue weighted by Crippen LogP contribution is -2.55. The van der Waals surface area contributed by atoms with Crippen molar-refractivity contribution in [1.82, 2.24) is 4.72 Å². The topological polar surface area (TPSA) is 63.2 Å². The minimum atomic E-state index is -3.29. The van der Waals surface area contributed by atoms with Crippen molar-refractivity contribution >= 4 is 15.8 Å². The molecule has 0 amide bonds. The smallest absolute Gasteiger partial charge is 0.209 e. The van der Waals surface area contributed by atoms with Crippen LogP contribution in [-0.4, -0.2) is 26.0 Å². The molecule has 0 heterocycles. The van der Waals surface area contributed by atoms with E-state index in [1.165, 1.54) is 11.8 Å². The summed E-state index contributed by atoms with van der Waals surface area (Å²) in [6.07, 6.45) is 3.45. The zero-order chi connectivity index (χ0) is 17.5. The van der Waals surface area contributed by atoms with E-state index in [0.717, 1.165) is 12.0 Å². The molecule has 2 rings (SSSR count).